The molecule has 1 aromatic heterocycles. The lowest BCUT2D eigenvalue weighted by atomic mass is 9.95. The first-order valence-corrected chi connectivity index (χ1v) is 5.60. The van der Waals surface area contributed by atoms with Crippen molar-refractivity contribution in [3.05, 3.63) is 22.4 Å². The number of nitrogens with two attached hydrogens (primary N) is 1. The average Bonchev–Trinajstić information content (AvgIpc) is 2.77. The van der Waals surface area contributed by atoms with E-state index in [1.54, 1.807) is 11.4 Å². The molecule has 0 aliphatic rings. The second-order valence-corrected chi connectivity index (χ2v) is 4.36. The summed E-state index contributed by atoms with van der Waals surface area (Å²) in [5.41, 5.74) is 5.23. The molecule has 6 nitrogen and oxygen atoms in total. The lowest BCUT2D eigenvalue weighted by Gasteiger charge is -2.12. The van der Waals surface area contributed by atoms with E-state index < -0.39 is 36.1 Å². The second-order valence-electron chi connectivity index (χ2n) is 3.41. The summed E-state index contributed by atoms with van der Waals surface area (Å²) in [7, 11) is 0. The first-order chi connectivity index (χ1) is 7.93. The van der Waals surface area contributed by atoms with Gasteiger partial charge in [0.1, 0.15) is 12.0 Å². The molecule has 92 valence electrons. The van der Waals surface area contributed by atoms with Crippen LogP contribution >= 0.6 is 11.3 Å². The lowest BCUT2D eigenvalue weighted by Crippen LogP contribution is -2.37. The topological polar surface area (TPSA) is 118 Å². The summed E-state index contributed by atoms with van der Waals surface area (Å²) in [6.45, 7) is 0. The molecular weight excluding hydrogens is 246 g/mol. The van der Waals surface area contributed by atoms with Gasteiger partial charge in [0.05, 0.1) is 4.88 Å². The van der Waals surface area contributed by atoms with Gasteiger partial charge in [0.2, 0.25) is 0 Å². The van der Waals surface area contributed by atoms with Gasteiger partial charge in [0.15, 0.2) is 5.78 Å². The van der Waals surface area contributed by atoms with E-state index in [9.17, 15) is 14.4 Å². The summed E-state index contributed by atoms with van der Waals surface area (Å²) in [5.74, 6) is -4.71. The molecule has 0 spiro atoms. The van der Waals surface area contributed by atoms with Crippen molar-refractivity contribution in [1.82, 2.24) is 0 Å². The number of Topliss-reactive ketones (excluding diaryl/α,β-unsaturated/α-hetero) is 1. The van der Waals surface area contributed by atoms with E-state index in [2.05, 4.69) is 0 Å². The minimum atomic E-state index is -1.42. The van der Waals surface area contributed by atoms with Gasteiger partial charge in [-0.2, -0.15) is 0 Å². The number of thiophene rings is 1. The van der Waals surface area contributed by atoms with Gasteiger partial charge in [-0.25, -0.2) is 0 Å². The van der Waals surface area contributed by atoms with Gasteiger partial charge in [-0.1, -0.05) is 6.07 Å². The van der Waals surface area contributed by atoms with Gasteiger partial charge in [0, 0.05) is 0 Å². The van der Waals surface area contributed by atoms with Crippen molar-refractivity contribution >= 4 is 29.1 Å². The molecule has 0 amide bonds. The zero-order valence-electron chi connectivity index (χ0n) is 8.70. The molecule has 0 fully saturated rings. The van der Waals surface area contributed by atoms with E-state index >= 15 is 0 Å². The molecule has 0 bridgehead atoms. The smallest absolute Gasteiger partial charge is 0.320 e. The fourth-order valence-corrected chi connectivity index (χ4v) is 1.98. The predicted octanol–water partition coefficient (Wildman–Crippen LogP) is 0.434. The minimum Gasteiger partial charge on any atom is -0.481 e. The number of hydrogen-bond donors (Lipinski definition) is 3. The summed E-state index contributed by atoms with van der Waals surface area (Å²) < 4.78 is 0. The molecule has 1 aromatic rings. The Kier molecular flexibility index (Phi) is 4.36. The Morgan fingerprint density at radius 3 is 2.35 bits per heavy atom. The Bertz CT molecular complexity index is 428. The molecule has 1 rings (SSSR count). The van der Waals surface area contributed by atoms with Gasteiger partial charge in [-0.15, -0.1) is 11.3 Å². The highest BCUT2D eigenvalue weighted by atomic mass is 32.1. The monoisotopic (exact) mass is 257 g/mol. The minimum absolute atomic E-state index is 0.287. The van der Waals surface area contributed by atoms with Gasteiger partial charge in [-0.05, 0) is 17.9 Å². The maximum atomic E-state index is 11.8. The van der Waals surface area contributed by atoms with Gasteiger partial charge < -0.3 is 15.9 Å². The largest absolute Gasteiger partial charge is 0.481 e. The van der Waals surface area contributed by atoms with E-state index in [1.165, 1.54) is 6.07 Å². The van der Waals surface area contributed by atoms with Crippen LogP contribution < -0.4 is 5.73 Å². The molecule has 1 heterocycles. The second kappa shape index (κ2) is 5.55. The van der Waals surface area contributed by atoms with Crippen molar-refractivity contribution in [1.29, 1.82) is 0 Å². The van der Waals surface area contributed by atoms with E-state index in [0.29, 0.717) is 0 Å². The van der Waals surface area contributed by atoms with Crippen LogP contribution in [0.15, 0.2) is 17.5 Å². The fraction of sp³-hybridized carbons (Fsp3) is 0.300. The Labute approximate surface area is 101 Å². The summed E-state index contributed by atoms with van der Waals surface area (Å²) in [5, 5.41) is 19.1. The van der Waals surface area contributed by atoms with Crippen molar-refractivity contribution in [2.24, 2.45) is 11.7 Å². The number of ketones is 1. The molecule has 1 unspecified atom stereocenters. The number of rotatable bonds is 6. The Hall–Kier alpha value is -1.73. The SMILES string of the molecule is N[C@@H](CC(C(=O)O)C(=O)c1cccs1)C(=O)O. The number of carbonyl (C=O) groups excluding carboxylic acids is 1. The molecule has 0 aliphatic heterocycles. The third kappa shape index (κ3) is 3.36. The molecule has 4 N–H and O–H groups in total. The summed E-state index contributed by atoms with van der Waals surface area (Å²) in [4.78, 5) is 33.5. The van der Waals surface area contributed by atoms with E-state index in [0.717, 1.165) is 11.3 Å². The first kappa shape index (κ1) is 13.3. The lowest BCUT2D eigenvalue weighted by molar-refractivity contribution is -0.142. The summed E-state index contributed by atoms with van der Waals surface area (Å²) >= 11 is 1.11. The predicted molar refractivity (Wildman–Crippen MR) is 60.0 cm³/mol. The molecule has 0 radical (unpaired) electrons. The third-order valence-corrected chi connectivity index (χ3v) is 3.07. The normalized spacial score (nSPS) is 13.9. The van der Waals surface area contributed by atoms with Crippen LogP contribution in [-0.4, -0.2) is 34.0 Å². The van der Waals surface area contributed by atoms with E-state index in [1.807, 2.05) is 0 Å². The zero-order valence-corrected chi connectivity index (χ0v) is 9.52. The van der Waals surface area contributed by atoms with Crippen molar-refractivity contribution in [2.75, 3.05) is 0 Å². The third-order valence-electron chi connectivity index (χ3n) is 2.19. The van der Waals surface area contributed by atoms with E-state index in [4.69, 9.17) is 15.9 Å². The quantitative estimate of drug-likeness (QED) is 0.502. The van der Waals surface area contributed by atoms with Crippen LogP contribution in [0.3, 0.4) is 0 Å². The standard InChI is InChI=1S/C10H11NO5S/c11-6(10(15)16)4-5(9(13)14)8(12)7-2-1-3-17-7/h1-3,5-6H,4,11H2,(H,13,14)(H,15,16)/t5?,6-/m0/s1. The Balaban J connectivity index is 2.83. The highest BCUT2D eigenvalue weighted by molar-refractivity contribution is 7.12. The van der Waals surface area contributed by atoms with Crippen LogP contribution in [0.5, 0.6) is 0 Å². The van der Waals surface area contributed by atoms with Gasteiger partial charge >= 0.3 is 11.9 Å². The Morgan fingerprint density at radius 1 is 1.29 bits per heavy atom. The number of carboxylic acid groups (broad SMARTS) is 2. The number of carboxylic acids is 2. The summed E-state index contributed by atoms with van der Waals surface area (Å²) in [6.07, 6.45) is -0.415. The van der Waals surface area contributed by atoms with E-state index in [-0.39, 0.29) is 4.88 Å². The van der Waals surface area contributed by atoms with Gasteiger partial charge in [0.25, 0.3) is 0 Å². The molecule has 7 heteroatoms. The van der Waals surface area contributed by atoms with Crippen LogP contribution in [0, 0.1) is 5.92 Å². The molecule has 0 saturated carbocycles. The van der Waals surface area contributed by atoms with Crippen LogP contribution in [0.1, 0.15) is 16.1 Å². The van der Waals surface area contributed by atoms with Crippen LogP contribution in [0.4, 0.5) is 0 Å². The number of hydrogen-bond acceptors (Lipinski definition) is 5. The first-order valence-electron chi connectivity index (χ1n) is 4.72. The molecule has 0 saturated heterocycles. The summed E-state index contributed by atoms with van der Waals surface area (Å²) in [6, 6.07) is 1.75. The average molecular weight is 257 g/mol. The highest BCUT2D eigenvalue weighted by Crippen LogP contribution is 2.18. The zero-order chi connectivity index (χ0) is 13.0. The molecule has 17 heavy (non-hydrogen) atoms. The number of aliphatic carboxylic acids is 2. The Morgan fingerprint density at radius 2 is 1.94 bits per heavy atom. The van der Waals surface area contributed by atoms with Crippen LogP contribution in [0.2, 0.25) is 0 Å². The van der Waals surface area contributed by atoms with Crippen LogP contribution in [-0.2, 0) is 9.59 Å². The number of carbonyl (C=O) groups is 3. The fourth-order valence-electron chi connectivity index (χ4n) is 1.27. The molecule has 0 aliphatic carbocycles. The van der Waals surface area contributed by atoms with Crippen molar-refractivity contribution in [2.45, 2.75) is 12.5 Å². The van der Waals surface area contributed by atoms with Crippen LogP contribution in [0.25, 0.3) is 0 Å². The molecular formula is C10H11NO5S. The maximum absolute atomic E-state index is 11.8. The van der Waals surface area contributed by atoms with Gasteiger partial charge in [-0.3, -0.25) is 14.4 Å². The highest BCUT2D eigenvalue weighted by Gasteiger charge is 2.31. The molecule has 2 atom stereocenters. The molecule has 0 aromatic carbocycles. The van der Waals surface area contributed by atoms with Crippen molar-refractivity contribution in [3.63, 3.8) is 0 Å². The van der Waals surface area contributed by atoms with Crippen molar-refractivity contribution < 1.29 is 24.6 Å². The van der Waals surface area contributed by atoms with Crippen molar-refractivity contribution in [3.8, 4) is 0 Å². The maximum Gasteiger partial charge on any atom is 0.320 e.